The van der Waals surface area contributed by atoms with Crippen LogP contribution in [0.2, 0.25) is 0 Å². The fraction of sp³-hybridized carbons (Fsp3) is 0.625. The zero-order valence-electron chi connectivity index (χ0n) is 5.90. The van der Waals surface area contributed by atoms with Crippen LogP contribution in [0.25, 0.3) is 0 Å². The maximum absolute atomic E-state index is 11.0. The Labute approximate surface area is 69.6 Å². The van der Waals surface area contributed by atoms with Gasteiger partial charge in [0.1, 0.15) is 5.78 Å². The van der Waals surface area contributed by atoms with Crippen molar-refractivity contribution in [2.45, 2.75) is 25.7 Å². The number of hydrogen-bond acceptors (Lipinski definition) is 1. The van der Waals surface area contributed by atoms with E-state index in [1.54, 1.807) is 0 Å². The molecule has 1 aliphatic rings. The lowest BCUT2D eigenvalue weighted by molar-refractivity contribution is -0.120. The second-order valence-electron chi connectivity index (χ2n) is 2.78. The summed E-state index contributed by atoms with van der Waals surface area (Å²) in [4.78, 5) is 11.0. The minimum Gasteiger partial charge on any atom is -0.299 e. The van der Waals surface area contributed by atoms with Crippen molar-refractivity contribution < 1.29 is 4.79 Å². The number of halogens is 1. The highest BCUT2D eigenvalue weighted by Gasteiger charge is 2.23. The lowest BCUT2D eigenvalue weighted by atomic mass is 10.0. The van der Waals surface area contributed by atoms with E-state index in [1.807, 2.05) is 0 Å². The summed E-state index contributed by atoms with van der Waals surface area (Å²) in [5.74, 6) is 0.687. The Hall–Kier alpha value is -0.110. The van der Waals surface area contributed by atoms with Gasteiger partial charge in [0.25, 0.3) is 0 Å². The molecule has 56 valence electrons. The van der Waals surface area contributed by atoms with Gasteiger partial charge in [-0.1, -0.05) is 22.5 Å². The van der Waals surface area contributed by atoms with E-state index in [4.69, 9.17) is 0 Å². The van der Waals surface area contributed by atoms with Gasteiger partial charge in [-0.2, -0.15) is 0 Å². The zero-order chi connectivity index (χ0) is 7.56. The van der Waals surface area contributed by atoms with E-state index in [2.05, 4.69) is 22.5 Å². The van der Waals surface area contributed by atoms with Crippen LogP contribution < -0.4 is 0 Å². The first-order valence-electron chi connectivity index (χ1n) is 3.56. The molecule has 1 nitrogen and oxygen atoms in total. The van der Waals surface area contributed by atoms with Crippen LogP contribution in [0.15, 0.2) is 11.1 Å². The molecule has 0 aromatic heterocycles. The van der Waals surface area contributed by atoms with Crippen LogP contribution in [-0.4, -0.2) is 5.78 Å². The van der Waals surface area contributed by atoms with Crippen LogP contribution in [0, 0.1) is 5.92 Å². The van der Waals surface area contributed by atoms with Crippen molar-refractivity contribution in [3.8, 4) is 0 Å². The minimum absolute atomic E-state index is 0.270. The second kappa shape index (κ2) is 3.33. The highest BCUT2D eigenvalue weighted by atomic mass is 79.9. The maximum Gasteiger partial charge on any atom is 0.136 e. The summed E-state index contributed by atoms with van der Waals surface area (Å²) in [6.07, 6.45) is 3.75. The average molecular weight is 203 g/mol. The fourth-order valence-electron chi connectivity index (χ4n) is 1.37. The van der Waals surface area contributed by atoms with Gasteiger partial charge in [-0.15, -0.1) is 0 Å². The molecule has 1 fully saturated rings. The molecule has 0 aromatic rings. The van der Waals surface area contributed by atoms with E-state index in [1.165, 1.54) is 0 Å². The second-order valence-corrected chi connectivity index (χ2v) is 3.90. The highest BCUT2D eigenvalue weighted by molar-refractivity contribution is 9.11. The van der Waals surface area contributed by atoms with Crippen LogP contribution in [0.3, 0.4) is 0 Å². The van der Waals surface area contributed by atoms with E-state index in [0.29, 0.717) is 5.78 Å². The molecule has 1 saturated carbocycles. The molecule has 1 rings (SSSR count). The number of carbonyl (C=O) groups is 1. The lowest BCUT2D eigenvalue weighted by Crippen LogP contribution is -2.05. The average Bonchev–Trinajstić information content (AvgIpc) is 2.15. The molecule has 0 radical (unpaired) electrons. The van der Waals surface area contributed by atoms with Crippen molar-refractivity contribution in [3.63, 3.8) is 0 Å². The van der Waals surface area contributed by atoms with Crippen molar-refractivity contribution >= 4 is 21.7 Å². The van der Waals surface area contributed by atoms with Crippen molar-refractivity contribution in [2.24, 2.45) is 5.92 Å². The van der Waals surface area contributed by atoms with Crippen LogP contribution in [0.4, 0.5) is 0 Å². The molecular weight excluding hydrogens is 192 g/mol. The lowest BCUT2D eigenvalue weighted by Gasteiger charge is -2.03. The Bertz CT molecular complexity index is 163. The van der Waals surface area contributed by atoms with Gasteiger partial charge in [0.15, 0.2) is 0 Å². The van der Waals surface area contributed by atoms with E-state index in [9.17, 15) is 4.79 Å². The quantitative estimate of drug-likeness (QED) is 0.674. The van der Waals surface area contributed by atoms with Crippen molar-refractivity contribution in [1.29, 1.82) is 0 Å². The first kappa shape index (κ1) is 7.99. The topological polar surface area (TPSA) is 17.1 Å². The third kappa shape index (κ3) is 1.94. The molecule has 0 spiro atoms. The largest absolute Gasteiger partial charge is 0.299 e. The first-order valence-corrected chi connectivity index (χ1v) is 4.35. The maximum atomic E-state index is 11.0. The van der Waals surface area contributed by atoms with E-state index < -0.39 is 0 Å². The summed E-state index contributed by atoms with van der Waals surface area (Å²) in [5.41, 5.74) is 0. The first-order chi connectivity index (χ1) is 4.70. The summed E-state index contributed by atoms with van der Waals surface area (Å²) < 4.78 is 0.952. The smallest absolute Gasteiger partial charge is 0.136 e. The van der Waals surface area contributed by atoms with Crippen molar-refractivity contribution in [1.82, 2.24) is 0 Å². The molecule has 0 N–H and O–H groups in total. The van der Waals surface area contributed by atoms with Gasteiger partial charge >= 0.3 is 0 Å². The Balaban J connectivity index is 2.40. The molecule has 0 bridgehead atoms. The van der Waals surface area contributed by atoms with Crippen LogP contribution in [-0.2, 0) is 4.79 Å². The van der Waals surface area contributed by atoms with Gasteiger partial charge in [0.05, 0.1) is 0 Å². The molecule has 0 amide bonds. The molecule has 0 heterocycles. The monoisotopic (exact) mass is 202 g/mol. The number of Topliss-reactive ketones (excluding diaryl/α,β-unsaturated/α-hetero) is 1. The molecule has 1 unspecified atom stereocenters. The summed E-state index contributed by atoms with van der Waals surface area (Å²) in [5, 5.41) is 0. The third-order valence-corrected chi connectivity index (χ3v) is 2.22. The van der Waals surface area contributed by atoms with E-state index >= 15 is 0 Å². The summed E-state index contributed by atoms with van der Waals surface area (Å²) in [7, 11) is 0. The van der Waals surface area contributed by atoms with Crippen LogP contribution >= 0.6 is 15.9 Å². The van der Waals surface area contributed by atoms with Gasteiger partial charge in [-0.25, -0.2) is 0 Å². The van der Waals surface area contributed by atoms with Gasteiger partial charge in [-0.3, -0.25) is 4.79 Å². The number of carbonyl (C=O) groups excluding carboxylic acids is 1. The number of rotatable bonds is 2. The van der Waals surface area contributed by atoms with Crippen molar-refractivity contribution in [2.75, 3.05) is 0 Å². The molecule has 1 aliphatic carbocycles. The Morgan fingerprint density at radius 1 is 1.80 bits per heavy atom. The van der Waals surface area contributed by atoms with E-state index in [0.717, 1.165) is 30.2 Å². The van der Waals surface area contributed by atoms with Gasteiger partial charge in [0.2, 0.25) is 0 Å². The zero-order valence-corrected chi connectivity index (χ0v) is 7.49. The molecule has 2 heteroatoms. The Kier molecular flexibility index (Phi) is 2.66. The molecule has 0 aromatic carbocycles. The van der Waals surface area contributed by atoms with Crippen LogP contribution in [0.1, 0.15) is 25.7 Å². The predicted octanol–water partition coefficient (Wildman–Crippen LogP) is 2.65. The molecule has 0 aliphatic heterocycles. The number of allylic oxidation sites excluding steroid dienone is 1. The van der Waals surface area contributed by atoms with Crippen LogP contribution in [0.5, 0.6) is 0 Å². The summed E-state index contributed by atoms with van der Waals surface area (Å²) in [6, 6.07) is 0. The highest BCUT2D eigenvalue weighted by Crippen LogP contribution is 2.28. The molecule has 1 atom stereocenters. The van der Waals surface area contributed by atoms with Gasteiger partial charge < -0.3 is 0 Å². The SMILES string of the molecule is C=C(Br)CC1CCCC1=O. The Morgan fingerprint density at radius 3 is 2.90 bits per heavy atom. The van der Waals surface area contributed by atoms with E-state index in [-0.39, 0.29) is 5.92 Å². The van der Waals surface area contributed by atoms with Crippen molar-refractivity contribution in [3.05, 3.63) is 11.1 Å². The standard InChI is InChI=1S/C8H11BrO/c1-6(9)5-7-3-2-4-8(7)10/h7H,1-5H2. The third-order valence-electron chi connectivity index (χ3n) is 1.90. The summed E-state index contributed by atoms with van der Waals surface area (Å²) >= 11 is 3.27. The normalized spacial score (nSPS) is 25.3. The van der Waals surface area contributed by atoms with Gasteiger partial charge in [-0.05, 0) is 23.7 Å². The molecule has 0 saturated heterocycles. The van der Waals surface area contributed by atoms with Gasteiger partial charge in [0, 0.05) is 12.3 Å². The predicted molar refractivity (Wildman–Crippen MR) is 45.0 cm³/mol. The number of hydrogen-bond donors (Lipinski definition) is 0. The molecule has 10 heavy (non-hydrogen) atoms. The summed E-state index contributed by atoms with van der Waals surface area (Å²) in [6.45, 7) is 3.72. The minimum atomic E-state index is 0.270. The Morgan fingerprint density at radius 2 is 2.50 bits per heavy atom. The number of ketones is 1. The molecular formula is C8H11BrO. The fourth-order valence-corrected chi connectivity index (χ4v) is 1.76.